The van der Waals surface area contributed by atoms with Crippen LogP contribution in [0.3, 0.4) is 0 Å². The zero-order valence-corrected chi connectivity index (χ0v) is 13.3. The Morgan fingerprint density at radius 2 is 1.95 bits per heavy atom. The molecular formula is C14H18ClNO3S. The van der Waals surface area contributed by atoms with Crippen LogP contribution in [0.1, 0.15) is 43.7 Å². The Bertz CT molecular complexity index is 649. The topological polar surface area (TPSA) is 63.2 Å². The lowest BCUT2D eigenvalue weighted by atomic mass is 9.98. The van der Waals surface area contributed by atoms with Gasteiger partial charge < -0.3 is 5.32 Å². The highest BCUT2D eigenvalue weighted by Crippen LogP contribution is 2.35. The quantitative estimate of drug-likeness (QED) is 0.866. The first-order chi connectivity index (χ1) is 9.20. The van der Waals surface area contributed by atoms with Crippen LogP contribution in [-0.4, -0.2) is 14.3 Å². The van der Waals surface area contributed by atoms with Crippen LogP contribution in [0.25, 0.3) is 0 Å². The first-order valence-corrected chi connectivity index (χ1v) is 8.91. The van der Waals surface area contributed by atoms with Crippen LogP contribution in [-0.2, 0) is 13.8 Å². The molecule has 0 aromatic heterocycles. The largest absolute Gasteiger partial charge is 0.325 e. The zero-order chi connectivity index (χ0) is 15.1. The Morgan fingerprint density at radius 3 is 2.40 bits per heavy atom. The zero-order valence-electron chi connectivity index (χ0n) is 11.7. The van der Waals surface area contributed by atoms with Crippen LogP contribution in [0.2, 0.25) is 0 Å². The molecule has 0 heterocycles. The molecule has 1 aliphatic rings. The lowest BCUT2D eigenvalue weighted by Crippen LogP contribution is -2.16. The standard InChI is InChI=1S/C14H18ClNO3S/c1-8(2)12-7-11(20(15,18)19)6-9(3)13(12)16-14(17)10-4-5-10/h6-8,10H,4-5H2,1-3H3,(H,16,17). The van der Waals surface area contributed by atoms with Crippen molar-refractivity contribution in [3.05, 3.63) is 23.3 Å². The van der Waals surface area contributed by atoms with Crippen LogP contribution in [0, 0.1) is 12.8 Å². The van der Waals surface area contributed by atoms with Crippen molar-refractivity contribution in [2.24, 2.45) is 5.92 Å². The normalized spacial score (nSPS) is 15.4. The fraction of sp³-hybridized carbons (Fsp3) is 0.500. The summed E-state index contributed by atoms with van der Waals surface area (Å²) in [4.78, 5) is 12.0. The van der Waals surface area contributed by atoms with Crippen molar-refractivity contribution in [1.29, 1.82) is 0 Å². The van der Waals surface area contributed by atoms with Gasteiger partial charge in [-0.2, -0.15) is 0 Å². The second-order valence-corrected chi connectivity index (χ2v) is 8.13. The van der Waals surface area contributed by atoms with Gasteiger partial charge in [-0.05, 0) is 48.9 Å². The molecule has 0 spiro atoms. The number of hydrogen-bond acceptors (Lipinski definition) is 3. The Kier molecular flexibility index (Phi) is 4.12. The number of carbonyl (C=O) groups excluding carboxylic acids is 1. The first kappa shape index (κ1) is 15.3. The molecule has 1 amide bonds. The number of carbonyl (C=O) groups is 1. The molecule has 1 aliphatic carbocycles. The molecule has 20 heavy (non-hydrogen) atoms. The van der Waals surface area contributed by atoms with Crippen LogP contribution < -0.4 is 5.32 Å². The van der Waals surface area contributed by atoms with E-state index >= 15 is 0 Å². The molecule has 1 aromatic rings. The van der Waals surface area contributed by atoms with Gasteiger partial charge in [-0.3, -0.25) is 4.79 Å². The van der Waals surface area contributed by atoms with Crippen molar-refractivity contribution in [2.45, 2.75) is 44.4 Å². The third-order valence-electron chi connectivity index (χ3n) is 3.44. The average molecular weight is 316 g/mol. The number of benzene rings is 1. The summed E-state index contributed by atoms with van der Waals surface area (Å²) < 4.78 is 23.0. The molecule has 4 nitrogen and oxygen atoms in total. The van der Waals surface area contributed by atoms with Gasteiger partial charge in [-0.15, -0.1) is 0 Å². The van der Waals surface area contributed by atoms with Gasteiger partial charge in [0.05, 0.1) is 4.90 Å². The molecule has 0 aliphatic heterocycles. The summed E-state index contributed by atoms with van der Waals surface area (Å²) in [5.74, 6) is 0.198. The molecule has 1 N–H and O–H groups in total. The number of nitrogens with one attached hydrogen (secondary N) is 1. The van der Waals surface area contributed by atoms with E-state index < -0.39 is 9.05 Å². The van der Waals surface area contributed by atoms with Crippen molar-refractivity contribution >= 4 is 31.3 Å². The maximum absolute atomic E-state index is 11.9. The molecule has 1 saturated carbocycles. The minimum absolute atomic E-state index is 0.0106. The van der Waals surface area contributed by atoms with Gasteiger partial charge >= 0.3 is 0 Å². The first-order valence-electron chi connectivity index (χ1n) is 6.60. The third kappa shape index (κ3) is 3.33. The summed E-state index contributed by atoms with van der Waals surface area (Å²) in [6.45, 7) is 5.68. The summed E-state index contributed by atoms with van der Waals surface area (Å²) in [7, 11) is 1.64. The van der Waals surface area contributed by atoms with Gasteiger partial charge in [0.25, 0.3) is 9.05 Å². The Morgan fingerprint density at radius 1 is 1.35 bits per heavy atom. The van der Waals surface area contributed by atoms with Crippen LogP contribution in [0.5, 0.6) is 0 Å². The van der Waals surface area contributed by atoms with Crippen molar-refractivity contribution in [1.82, 2.24) is 0 Å². The second-order valence-electron chi connectivity index (χ2n) is 5.56. The number of rotatable bonds is 4. The SMILES string of the molecule is Cc1cc(S(=O)(=O)Cl)cc(C(C)C)c1NC(=O)C1CC1. The number of halogens is 1. The second kappa shape index (κ2) is 5.37. The molecule has 1 fully saturated rings. The third-order valence-corrected chi connectivity index (χ3v) is 4.77. The fourth-order valence-electron chi connectivity index (χ4n) is 2.12. The van der Waals surface area contributed by atoms with Gasteiger partial charge in [-0.1, -0.05) is 13.8 Å². The summed E-state index contributed by atoms with van der Waals surface area (Å²) in [6, 6.07) is 3.04. The highest BCUT2D eigenvalue weighted by molar-refractivity contribution is 8.13. The van der Waals surface area contributed by atoms with Gasteiger partial charge in [0.1, 0.15) is 0 Å². The average Bonchev–Trinajstić information content (AvgIpc) is 3.13. The predicted octanol–water partition coefficient (Wildman–Crippen LogP) is 3.39. The summed E-state index contributed by atoms with van der Waals surface area (Å²) in [6.07, 6.45) is 1.85. The van der Waals surface area contributed by atoms with Gasteiger partial charge in [0, 0.05) is 22.3 Å². The molecule has 110 valence electrons. The monoisotopic (exact) mass is 315 g/mol. The molecule has 0 radical (unpaired) electrons. The van der Waals surface area contributed by atoms with Crippen molar-refractivity contribution in [2.75, 3.05) is 5.32 Å². The highest BCUT2D eigenvalue weighted by atomic mass is 35.7. The van der Waals surface area contributed by atoms with Crippen LogP contribution in [0.4, 0.5) is 5.69 Å². The van der Waals surface area contributed by atoms with Crippen molar-refractivity contribution < 1.29 is 13.2 Å². The van der Waals surface area contributed by atoms with E-state index in [9.17, 15) is 13.2 Å². The van der Waals surface area contributed by atoms with E-state index in [4.69, 9.17) is 10.7 Å². The van der Waals surface area contributed by atoms with Crippen LogP contribution in [0.15, 0.2) is 17.0 Å². The van der Waals surface area contributed by atoms with Gasteiger partial charge in [-0.25, -0.2) is 8.42 Å². The van der Waals surface area contributed by atoms with Crippen molar-refractivity contribution in [3.8, 4) is 0 Å². The maximum Gasteiger partial charge on any atom is 0.261 e. The maximum atomic E-state index is 11.9. The predicted molar refractivity (Wildman–Crippen MR) is 79.7 cm³/mol. The van der Waals surface area contributed by atoms with Gasteiger partial charge in [0.15, 0.2) is 0 Å². The molecule has 6 heteroatoms. The summed E-state index contributed by atoms with van der Waals surface area (Å²) in [5.41, 5.74) is 2.21. The van der Waals surface area contributed by atoms with E-state index in [1.165, 1.54) is 6.07 Å². The molecule has 1 aromatic carbocycles. The Hall–Kier alpha value is -1.07. The lowest BCUT2D eigenvalue weighted by molar-refractivity contribution is -0.117. The fourth-order valence-corrected chi connectivity index (χ4v) is 2.97. The summed E-state index contributed by atoms with van der Waals surface area (Å²) in [5, 5.41) is 2.92. The Labute approximate surface area is 123 Å². The molecule has 0 unspecified atom stereocenters. The highest BCUT2D eigenvalue weighted by Gasteiger charge is 2.30. The van der Waals surface area contributed by atoms with Crippen LogP contribution >= 0.6 is 10.7 Å². The summed E-state index contributed by atoms with van der Waals surface area (Å²) >= 11 is 0. The number of amides is 1. The number of aryl methyl sites for hydroxylation is 1. The molecule has 2 rings (SSSR count). The van der Waals surface area contributed by atoms with Crippen molar-refractivity contribution in [3.63, 3.8) is 0 Å². The van der Waals surface area contributed by atoms with E-state index in [2.05, 4.69) is 5.32 Å². The molecule has 0 saturated heterocycles. The molecule has 0 bridgehead atoms. The van der Waals surface area contributed by atoms with E-state index in [1.54, 1.807) is 13.0 Å². The minimum atomic E-state index is -3.77. The van der Waals surface area contributed by atoms with E-state index in [0.717, 1.165) is 18.4 Å². The smallest absolute Gasteiger partial charge is 0.261 e. The van der Waals surface area contributed by atoms with E-state index in [0.29, 0.717) is 11.3 Å². The van der Waals surface area contributed by atoms with Gasteiger partial charge in [0.2, 0.25) is 5.91 Å². The molecule has 0 atom stereocenters. The minimum Gasteiger partial charge on any atom is -0.325 e. The van der Waals surface area contributed by atoms with E-state index in [1.807, 2.05) is 13.8 Å². The number of anilines is 1. The lowest BCUT2D eigenvalue weighted by Gasteiger charge is -2.17. The van der Waals surface area contributed by atoms with E-state index in [-0.39, 0.29) is 22.6 Å². The molecular weight excluding hydrogens is 298 g/mol. The Balaban J connectivity index is 2.47. The number of hydrogen-bond donors (Lipinski definition) is 1.